The summed E-state index contributed by atoms with van der Waals surface area (Å²) in [5.41, 5.74) is 4.33. The molecule has 210 valence electrons. The lowest BCUT2D eigenvalue weighted by Crippen LogP contribution is -2.48. The summed E-state index contributed by atoms with van der Waals surface area (Å²) in [5, 5.41) is 9.56. The first kappa shape index (κ1) is 30.9. The van der Waals surface area contributed by atoms with Gasteiger partial charge in [-0.05, 0) is 35.7 Å². The van der Waals surface area contributed by atoms with Gasteiger partial charge in [-0.25, -0.2) is 13.4 Å². The van der Waals surface area contributed by atoms with E-state index in [0.29, 0.717) is 44.8 Å². The van der Waals surface area contributed by atoms with Crippen molar-refractivity contribution in [1.82, 2.24) is 19.2 Å². The third kappa shape index (κ3) is 7.72. The van der Waals surface area contributed by atoms with E-state index in [0.717, 1.165) is 35.6 Å². The number of benzene rings is 2. The van der Waals surface area contributed by atoms with Crippen LogP contribution in [0.4, 0.5) is 5.69 Å². The van der Waals surface area contributed by atoms with E-state index in [1.54, 1.807) is 22.9 Å². The average Bonchev–Trinajstić information content (AvgIpc) is 3.38. The molecule has 3 aromatic rings. The van der Waals surface area contributed by atoms with Crippen LogP contribution in [0.3, 0.4) is 0 Å². The van der Waals surface area contributed by atoms with Gasteiger partial charge in [0, 0.05) is 50.6 Å². The molecule has 2 aliphatic heterocycles. The van der Waals surface area contributed by atoms with Crippen molar-refractivity contribution < 1.29 is 13.2 Å². The maximum absolute atomic E-state index is 13.9. The van der Waals surface area contributed by atoms with Crippen LogP contribution >= 0.6 is 24.8 Å². The monoisotopic (exact) mass is 592 g/mol. The molecule has 5 rings (SSSR count). The van der Waals surface area contributed by atoms with Crippen LogP contribution in [-0.2, 0) is 34.3 Å². The van der Waals surface area contributed by atoms with Crippen molar-refractivity contribution in [2.45, 2.75) is 25.6 Å². The predicted octanol–water partition coefficient (Wildman–Crippen LogP) is 3.22. The Balaban J connectivity index is 0.00000210. The van der Waals surface area contributed by atoms with Crippen molar-refractivity contribution >= 4 is 40.5 Å². The van der Waals surface area contributed by atoms with E-state index in [-0.39, 0.29) is 43.2 Å². The molecule has 39 heavy (non-hydrogen) atoms. The third-order valence-electron chi connectivity index (χ3n) is 7.07. The SMILES string of the molecule is Cl.Cl.N#Cc1ccc2c(c1)CN(S(=O)(=O)CCN1CCOCC1)[C@H](Cc1ccccc1)CN2Cc1cnc[nH]1. The maximum atomic E-state index is 13.9. The van der Waals surface area contributed by atoms with Gasteiger partial charge in [0.15, 0.2) is 0 Å². The van der Waals surface area contributed by atoms with Gasteiger partial charge in [-0.15, -0.1) is 24.8 Å². The van der Waals surface area contributed by atoms with Gasteiger partial charge in [0.2, 0.25) is 10.0 Å². The largest absolute Gasteiger partial charge is 0.379 e. The van der Waals surface area contributed by atoms with E-state index in [2.05, 4.69) is 25.8 Å². The summed E-state index contributed by atoms with van der Waals surface area (Å²) in [6.45, 7) is 4.54. The maximum Gasteiger partial charge on any atom is 0.215 e. The van der Waals surface area contributed by atoms with Gasteiger partial charge < -0.3 is 14.6 Å². The fourth-order valence-electron chi connectivity index (χ4n) is 5.12. The molecule has 1 saturated heterocycles. The smallest absolute Gasteiger partial charge is 0.215 e. The lowest BCUT2D eigenvalue weighted by atomic mass is 10.1. The Bertz CT molecular complexity index is 1330. The summed E-state index contributed by atoms with van der Waals surface area (Å²) >= 11 is 0. The lowest BCUT2D eigenvalue weighted by molar-refractivity contribution is 0.0406. The summed E-state index contributed by atoms with van der Waals surface area (Å²) < 4.78 is 35.0. The molecule has 12 heteroatoms. The van der Waals surface area contributed by atoms with Crippen LogP contribution in [0.2, 0.25) is 0 Å². The van der Waals surface area contributed by atoms with Crippen molar-refractivity contribution in [3.8, 4) is 6.07 Å². The Morgan fingerprint density at radius 2 is 1.87 bits per heavy atom. The Labute approximate surface area is 242 Å². The molecule has 0 radical (unpaired) electrons. The Kier molecular flexibility index (Phi) is 11.2. The molecule has 0 spiro atoms. The summed E-state index contributed by atoms with van der Waals surface area (Å²) in [6, 6.07) is 17.5. The van der Waals surface area contributed by atoms with Crippen molar-refractivity contribution in [3.05, 3.63) is 83.4 Å². The number of nitrogens with zero attached hydrogens (tertiary/aromatic N) is 5. The predicted molar refractivity (Wildman–Crippen MR) is 156 cm³/mol. The van der Waals surface area contributed by atoms with E-state index >= 15 is 0 Å². The normalized spacial score (nSPS) is 18.2. The number of morpholine rings is 1. The molecule has 3 heterocycles. The van der Waals surface area contributed by atoms with Crippen molar-refractivity contribution in [2.24, 2.45) is 0 Å². The number of ether oxygens (including phenoxy) is 1. The van der Waals surface area contributed by atoms with Crippen LogP contribution in [0.1, 0.15) is 22.4 Å². The fraction of sp³-hybridized carbons (Fsp3) is 0.407. The molecule has 1 N–H and O–H groups in total. The number of aromatic amines is 1. The summed E-state index contributed by atoms with van der Waals surface area (Å²) in [7, 11) is -3.60. The van der Waals surface area contributed by atoms with Crippen LogP contribution < -0.4 is 4.90 Å². The van der Waals surface area contributed by atoms with Crippen molar-refractivity contribution in [1.29, 1.82) is 5.26 Å². The molecular weight excluding hydrogens is 559 g/mol. The van der Waals surface area contributed by atoms with Crippen molar-refractivity contribution in [2.75, 3.05) is 50.0 Å². The molecule has 0 amide bonds. The van der Waals surface area contributed by atoms with Crippen molar-refractivity contribution in [3.63, 3.8) is 0 Å². The van der Waals surface area contributed by atoms with Crippen LogP contribution in [0.5, 0.6) is 0 Å². The summed E-state index contributed by atoms with van der Waals surface area (Å²) in [6.07, 6.45) is 4.03. The number of anilines is 1. The number of rotatable bonds is 8. The molecule has 0 unspecified atom stereocenters. The Hall–Kier alpha value is -2.65. The first-order chi connectivity index (χ1) is 18.0. The standard InChI is InChI=1S/C27H32N6O3S.2ClH/c28-16-23-6-7-27-24(14-23)18-33(37(34,35)13-10-31-8-11-36-12-9-31)26(15-22-4-2-1-3-5-22)20-32(27)19-25-17-29-21-30-25;;/h1-7,14,17,21,26H,8-13,15,18-20H2,(H,29,30);2*1H/t26-;;/m1../s1. The topological polar surface area (TPSA) is 106 Å². The van der Waals surface area contributed by atoms with Gasteiger partial charge in [0.05, 0.1) is 49.2 Å². The highest BCUT2D eigenvalue weighted by Gasteiger charge is 2.36. The van der Waals surface area contributed by atoms with E-state index in [9.17, 15) is 13.7 Å². The van der Waals surface area contributed by atoms with E-state index in [4.69, 9.17) is 4.74 Å². The Morgan fingerprint density at radius 1 is 1.10 bits per heavy atom. The average molecular weight is 594 g/mol. The molecule has 0 bridgehead atoms. The number of sulfonamides is 1. The molecular formula is C27H34Cl2N6O3S. The number of nitrogens with one attached hydrogen (secondary N) is 1. The zero-order valence-corrected chi connectivity index (χ0v) is 24.1. The minimum Gasteiger partial charge on any atom is -0.379 e. The minimum atomic E-state index is -3.60. The zero-order valence-electron chi connectivity index (χ0n) is 21.6. The second-order valence-corrected chi connectivity index (χ2v) is 11.6. The van der Waals surface area contributed by atoms with Gasteiger partial charge >= 0.3 is 0 Å². The van der Waals surface area contributed by atoms with E-state index < -0.39 is 10.0 Å². The number of hydrogen-bond donors (Lipinski definition) is 1. The molecule has 1 fully saturated rings. The first-order valence-electron chi connectivity index (χ1n) is 12.6. The molecule has 1 aromatic heterocycles. The van der Waals surface area contributed by atoms with E-state index in [1.807, 2.05) is 42.5 Å². The minimum absolute atomic E-state index is 0. The van der Waals surface area contributed by atoms with Gasteiger partial charge in [-0.2, -0.15) is 9.57 Å². The number of aromatic nitrogens is 2. The molecule has 2 aromatic carbocycles. The molecule has 9 nitrogen and oxygen atoms in total. The number of halogens is 2. The number of imidazole rings is 1. The molecule has 1 atom stereocenters. The van der Waals surface area contributed by atoms with Crippen LogP contribution in [0, 0.1) is 11.3 Å². The number of nitriles is 1. The van der Waals surface area contributed by atoms with E-state index in [1.165, 1.54) is 0 Å². The van der Waals surface area contributed by atoms with Gasteiger partial charge in [0.25, 0.3) is 0 Å². The number of fused-ring (bicyclic) bond motifs is 1. The first-order valence-corrected chi connectivity index (χ1v) is 14.2. The number of hydrogen-bond acceptors (Lipinski definition) is 7. The van der Waals surface area contributed by atoms with Crippen LogP contribution in [0.25, 0.3) is 0 Å². The zero-order chi connectivity index (χ0) is 25.7. The van der Waals surface area contributed by atoms with Gasteiger partial charge in [-0.3, -0.25) is 4.90 Å². The summed E-state index contributed by atoms with van der Waals surface area (Å²) in [4.78, 5) is 11.7. The highest BCUT2D eigenvalue weighted by Crippen LogP contribution is 2.32. The quantitative estimate of drug-likeness (QED) is 0.428. The lowest BCUT2D eigenvalue weighted by Gasteiger charge is -2.33. The molecule has 0 saturated carbocycles. The number of H-pyrrole nitrogens is 1. The van der Waals surface area contributed by atoms with Gasteiger partial charge in [0.1, 0.15) is 0 Å². The molecule has 2 aliphatic rings. The van der Waals surface area contributed by atoms with Crippen LogP contribution in [0.15, 0.2) is 61.1 Å². The highest BCUT2D eigenvalue weighted by atomic mass is 35.5. The van der Waals surface area contributed by atoms with Gasteiger partial charge in [-0.1, -0.05) is 30.3 Å². The van der Waals surface area contributed by atoms with Crippen LogP contribution in [-0.4, -0.2) is 78.8 Å². The summed E-state index contributed by atoms with van der Waals surface area (Å²) in [5.74, 6) is 0.0477. The second kappa shape index (κ2) is 14.1. The third-order valence-corrected chi connectivity index (χ3v) is 8.91. The second-order valence-electron chi connectivity index (χ2n) is 9.57. The fourth-order valence-corrected chi connectivity index (χ4v) is 6.78. The molecule has 0 aliphatic carbocycles. The highest BCUT2D eigenvalue weighted by molar-refractivity contribution is 7.89. The Morgan fingerprint density at radius 3 is 2.56 bits per heavy atom.